The molecule has 0 spiro atoms. The summed E-state index contributed by atoms with van der Waals surface area (Å²) in [6, 6.07) is 3.12. The molecule has 1 aliphatic heterocycles. The maximum atomic E-state index is 13.0. The third-order valence-electron chi connectivity index (χ3n) is 4.74. The maximum absolute atomic E-state index is 13.0. The Balaban J connectivity index is 1.58. The Morgan fingerprint density at radius 3 is 2.89 bits per heavy atom. The lowest BCUT2D eigenvalue weighted by atomic mass is 10.2. The van der Waals surface area contributed by atoms with E-state index in [2.05, 4.69) is 15.1 Å². The Hall–Kier alpha value is -2.81. The zero-order valence-electron chi connectivity index (χ0n) is 15.2. The van der Waals surface area contributed by atoms with E-state index in [1.807, 2.05) is 18.7 Å². The van der Waals surface area contributed by atoms with Crippen molar-refractivity contribution in [2.45, 2.75) is 39.3 Å². The highest BCUT2D eigenvalue weighted by atomic mass is 32.1. The molecule has 9 heteroatoms. The van der Waals surface area contributed by atoms with Crippen LogP contribution in [0.15, 0.2) is 35.6 Å². The number of likely N-dealkylation sites (tertiary alicyclic amines) is 1. The summed E-state index contributed by atoms with van der Waals surface area (Å²) in [4.78, 5) is 36.2. The highest BCUT2D eigenvalue weighted by Gasteiger charge is 2.32. The molecular formula is C18H20N6O2S. The Labute approximate surface area is 160 Å². The molecule has 1 aliphatic rings. The van der Waals surface area contributed by atoms with Gasteiger partial charge in [0.1, 0.15) is 11.2 Å². The molecule has 1 saturated heterocycles. The van der Waals surface area contributed by atoms with Crippen molar-refractivity contribution in [3.8, 4) is 5.82 Å². The van der Waals surface area contributed by atoms with E-state index in [9.17, 15) is 9.59 Å². The number of thiazole rings is 1. The van der Waals surface area contributed by atoms with Crippen LogP contribution in [0.1, 0.15) is 33.2 Å². The number of hydrogen-bond donors (Lipinski definition) is 0. The molecule has 0 N–H and O–H groups in total. The van der Waals surface area contributed by atoms with Crippen LogP contribution in [0, 0.1) is 13.8 Å². The van der Waals surface area contributed by atoms with E-state index in [1.54, 1.807) is 29.4 Å². The first kappa shape index (κ1) is 17.6. The van der Waals surface area contributed by atoms with Gasteiger partial charge in [0.05, 0.1) is 23.3 Å². The Morgan fingerprint density at radius 1 is 1.33 bits per heavy atom. The third kappa shape index (κ3) is 3.42. The SMILES string of the molecule is Cc1nc(C)c(C(=O)N2CCCC2Cn2nc(-n3ccnc3)ccc2=O)s1. The van der Waals surface area contributed by atoms with Crippen molar-refractivity contribution in [2.24, 2.45) is 0 Å². The summed E-state index contributed by atoms with van der Waals surface area (Å²) in [7, 11) is 0. The van der Waals surface area contributed by atoms with Crippen molar-refractivity contribution < 1.29 is 4.79 Å². The zero-order valence-corrected chi connectivity index (χ0v) is 16.0. The number of carbonyl (C=O) groups excluding carboxylic acids is 1. The van der Waals surface area contributed by atoms with E-state index < -0.39 is 0 Å². The zero-order chi connectivity index (χ0) is 19.0. The first-order chi connectivity index (χ1) is 13.0. The molecule has 3 aromatic heterocycles. The molecule has 27 heavy (non-hydrogen) atoms. The minimum Gasteiger partial charge on any atom is -0.333 e. The van der Waals surface area contributed by atoms with E-state index in [1.165, 1.54) is 22.1 Å². The summed E-state index contributed by atoms with van der Waals surface area (Å²) < 4.78 is 3.19. The number of nitrogens with zero attached hydrogens (tertiary/aromatic N) is 6. The van der Waals surface area contributed by atoms with Crippen molar-refractivity contribution in [3.63, 3.8) is 0 Å². The number of rotatable bonds is 4. The van der Waals surface area contributed by atoms with Crippen LogP contribution in [-0.4, -0.2) is 47.7 Å². The third-order valence-corrected chi connectivity index (χ3v) is 5.80. The molecule has 3 aromatic rings. The first-order valence-corrected chi connectivity index (χ1v) is 9.66. The van der Waals surface area contributed by atoms with E-state index in [4.69, 9.17) is 0 Å². The highest BCUT2D eigenvalue weighted by molar-refractivity contribution is 7.13. The van der Waals surface area contributed by atoms with E-state index in [0.717, 1.165) is 23.5 Å². The van der Waals surface area contributed by atoms with E-state index in [0.29, 0.717) is 23.8 Å². The normalized spacial score (nSPS) is 16.8. The van der Waals surface area contributed by atoms with Gasteiger partial charge in [0.2, 0.25) is 0 Å². The van der Waals surface area contributed by atoms with Crippen molar-refractivity contribution in [1.82, 2.24) is 29.2 Å². The quantitative estimate of drug-likeness (QED) is 0.685. The Bertz CT molecular complexity index is 1020. The second-order valence-corrected chi connectivity index (χ2v) is 7.83. The molecule has 0 radical (unpaired) electrons. The molecule has 1 unspecified atom stereocenters. The Kier molecular flexibility index (Phi) is 4.61. The lowest BCUT2D eigenvalue weighted by Gasteiger charge is -2.24. The second kappa shape index (κ2) is 7.07. The lowest BCUT2D eigenvalue weighted by Crippen LogP contribution is -2.40. The van der Waals surface area contributed by atoms with Gasteiger partial charge in [0, 0.05) is 25.0 Å². The van der Waals surface area contributed by atoms with Crippen molar-refractivity contribution >= 4 is 17.2 Å². The average molecular weight is 384 g/mol. The molecule has 4 heterocycles. The standard InChI is InChI=1S/C18H20N6O2S/c1-12-17(27-13(2)20-12)18(26)23-8-3-4-14(23)10-24-16(25)6-5-15(21-24)22-9-7-19-11-22/h5-7,9,11,14H,3-4,8,10H2,1-2H3. The van der Waals surface area contributed by atoms with Gasteiger partial charge in [-0.25, -0.2) is 14.6 Å². The minimum atomic E-state index is -0.178. The van der Waals surface area contributed by atoms with Gasteiger partial charge in [-0.1, -0.05) is 0 Å². The molecule has 0 bridgehead atoms. The Morgan fingerprint density at radius 2 is 2.19 bits per heavy atom. The van der Waals surface area contributed by atoms with Crippen LogP contribution in [0.3, 0.4) is 0 Å². The predicted molar refractivity (Wildman–Crippen MR) is 101 cm³/mol. The minimum absolute atomic E-state index is 0.000543. The summed E-state index contributed by atoms with van der Waals surface area (Å²) >= 11 is 1.42. The fourth-order valence-corrected chi connectivity index (χ4v) is 4.33. The smallest absolute Gasteiger partial charge is 0.266 e. The molecule has 1 atom stereocenters. The largest absolute Gasteiger partial charge is 0.333 e. The first-order valence-electron chi connectivity index (χ1n) is 8.84. The van der Waals surface area contributed by atoms with Crippen LogP contribution in [-0.2, 0) is 6.54 Å². The van der Waals surface area contributed by atoms with Crippen molar-refractivity contribution in [3.05, 3.63) is 56.8 Å². The molecular weight excluding hydrogens is 364 g/mol. The fraction of sp³-hybridized carbons (Fsp3) is 0.389. The molecule has 1 amide bonds. The number of amides is 1. The topological polar surface area (TPSA) is 85.9 Å². The van der Waals surface area contributed by atoms with Crippen LogP contribution in [0.5, 0.6) is 0 Å². The summed E-state index contributed by atoms with van der Waals surface area (Å²) in [6.07, 6.45) is 6.85. The summed E-state index contributed by atoms with van der Waals surface area (Å²) in [6.45, 7) is 4.84. The summed E-state index contributed by atoms with van der Waals surface area (Å²) in [5.41, 5.74) is 0.591. The monoisotopic (exact) mass is 384 g/mol. The van der Waals surface area contributed by atoms with Crippen molar-refractivity contribution in [1.29, 1.82) is 0 Å². The lowest BCUT2D eigenvalue weighted by molar-refractivity contribution is 0.0724. The molecule has 4 rings (SSSR count). The summed E-state index contributed by atoms with van der Waals surface area (Å²) in [5.74, 6) is 0.622. The maximum Gasteiger partial charge on any atom is 0.266 e. The molecule has 0 saturated carbocycles. The predicted octanol–water partition coefficient (Wildman–Crippen LogP) is 1.81. The average Bonchev–Trinajstić information content (AvgIpc) is 3.37. The number of imidazole rings is 1. The molecule has 1 fully saturated rings. The molecule has 0 aliphatic carbocycles. The molecule has 140 valence electrons. The van der Waals surface area contributed by atoms with Gasteiger partial charge >= 0.3 is 0 Å². The summed E-state index contributed by atoms with van der Waals surface area (Å²) in [5, 5.41) is 5.33. The number of aromatic nitrogens is 5. The van der Waals surface area contributed by atoms with Gasteiger partial charge in [0.15, 0.2) is 5.82 Å². The van der Waals surface area contributed by atoms with E-state index in [-0.39, 0.29) is 17.5 Å². The number of aryl methyl sites for hydroxylation is 2. The van der Waals surface area contributed by atoms with Gasteiger partial charge in [-0.05, 0) is 32.8 Å². The number of hydrogen-bond acceptors (Lipinski definition) is 6. The highest BCUT2D eigenvalue weighted by Crippen LogP contribution is 2.25. The van der Waals surface area contributed by atoms with Crippen LogP contribution < -0.4 is 5.56 Å². The van der Waals surface area contributed by atoms with Gasteiger partial charge < -0.3 is 4.90 Å². The second-order valence-electron chi connectivity index (χ2n) is 6.62. The van der Waals surface area contributed by atoms with Gasteiger partial charge in [-0.2, -0.15) is 5.10 Å². The fourth-order valence-electron chi connectivity index (χ4n) is 3.45. The van der Waals surface area contributed by atoms with Gasteiger partial charge in [0.25, 0.3) is 11.5 Å². The van der Waals surface area contributed by atoms with Crippen molar-refractivity contribution in [2.75, 3.05) is 6.54 Å². The van der Waals surface area contributed by atoms with Gasteiger partial charge in [-0.15, -0.1) is 11.3 Å². The molecule has 8 nitrogen and oxygen atoms in total. The van der Waals surface area contributed by atoms with Crippen LogP contribution in [0.25, 0.3) is 5.82 Å². The van der Waals surface area contributed by atoms with E-state index >= 15 is 0 Å². The van der Waals surface area contributed by atoms with Crippen LogP contribution >= 0.6 is 11.3 Å². The van der Waals surface area contributed by atoms with Crippen LogP contribution in [0.2, 0.25) is 0 Å². The number of carbonyl (C=O) groups is 1. The van der Waals surface area contributed by atoms with Crippen LogP contribution in [0.4, 0.5) is 0 Å². The molecule has 0 aromatic carbocycles. The van der Waals surface area contributed by atoms with Gasteiger partial charge in [-0.3, -0.25) is 14.2 Å².